The molecule has 1 amide bonds. The van der Waals surface area contributed by atoms with E-state index in [4.69, 9.17) is 0 Å². The zero-order valence-electron chi connectivity index (χ0n) is 8.13. The molecule has 1 aliphatic rings. The first-order valence-corrected chi connectivity index (χ1v) is 4.64. The Labute approximate surface area is 74.1 Å². The SMILES string of the molecule is CCN1CC(C(C)NC)CC1=O. The first-order valence-electron chi connectivity index (χ1n) is 4.64. The third-order valence-electron chi connectivity index (χ3n) is 2.79. The van der Waals surface area contributed by atoms with Crippen molar-refractivity contribution in [1.29, 1.82) is 0 Å². The summed E-state index contributed by atoms with van der Waals surface area (Å²) in [4.78, 5) is 13.3. The maximum atomic E-state index is 11.3. The largest absolute Gasteiger partial charge is 0.343 e. The summed E-state index contributed by atoms with van der Waals surface area (Å²) in [5.74, 6) is 0.812. The lowest BCUT2D eigenvalue weighted by atomic mass is 10.0. The lowest BCUT2D eigenvalue weighted by Gasteiger charge is -2.18. The van der Waals surface area contributed by atoms with Crippen molar-refractivity contribution in [2.24, 2.45) is 5.92 Å². The van der Waals surface area contributed by atoms with Crippen LogP contribution in [-0.2, 0) is 4.79 Å². The molecule has 0 bridgehead atoms. The Morgan fingerprint density at radius 2 is 2.42 bits per heavy atom. The Morgan fingerprint density at radius 3 is 2.83 bits per heavy atom. The quantitative estimate of drug-likeness (QED) is 0.667. The molecule has 0 saturated carbocycles. The Kier molecular flexibility index (Phi) is 3.09. The third-order valence-corrected chi connectivity index (χ3v) is 2.79. The number of carbonyl (C=O) groups is 1. The smallest absolute Gasteiger partial charge is 0.222 e. The van der Waals surface area contributed by atoms with Gasteiger partial charge >= 0.3 is 0 Å². The molecule has 1 heterocycles. The average Bonchev–Trinajstić information content (AvgIpc) is 2.45. The van der Waals surface area contributed by atoms with Gasteiger partial charge in [0.2, 0.25) is 5.91 Å². The highest BCUT2D eigenvalue weighted by Crippen LogP contribution is 2.20. The number of likely N-dealkylation sites (tertiary alicyclic amines) is 1. The van der Waals surface area contributed by atoms with Crippen LogP contribution >= 0.6 is 0 Å². The monoisotopic (exact) mass is 170 g/mol. The number of hydrogen-bond donors (Lipinski definition) is 1. The van der Waals surface area contributed by atoms with Crippen LogP contribution < -0.4 is 5.32 Å². The van der Waals surface area contributed by atoms with Crippen LogP contribution in [0.1, 0.15) is 20.3 Å². The van der Waals surface area contributed by atoms with Gasteiger partial charge in [0, 0.05) is 31.5 Å². The second kappa shape index (κ2) is 3.90. The summed E-state index contributed by atoms with van der Waals surface area (Å²) < 4.78 is 0. The Balaban J connectivity index is 2.48. The minimum atomic E-state index is 0.310. The molecule has 0 radical (unpaired) electrons. The summed E-state index contributed by atoms with van der Waals surface area (Å²) in [5.41, 5.74) is 0. The topological polar surface area (TPSA) is 32.3 Å². The molecule has 1 aliphatic heterocycles. The van der Waals surface area contributed by atoms with Crippen LogP contribution in [0.4, 0.5) is 0 Å². The second-order valence-electron chi connectivity index (χ2n) is 3.47. The van der Waals surface area contributed by atoms with Crippen molar-refractivity contribution in [3.8, 4) is 0 Å². The summed E-state index contributed by atoms with van der Waals surface area (Å²) in [6.07, 6.45) is 0.718. The Morgan fingerprint density at radius 1 is 1.75 bits per heavy atom. The standard InChI is InChI=1S/C9H18N2O/c1-4-11-6-8(5-9(11)12)7(2)10-3/h7-8,10H,4-6H2,1-3H3. The first kappa shape index (κ1) is 9.52. The van der Waals surface area contributed by atoms with E-state index in [9.17, 15) is 4.79 Å². The lowest BCUT2D eigenvalue weighted by molar-refractivity contribution is -0.127. The van der Waals surface area contributed by atoms with Crippen molar-refractivity contribution in [3.63, 3.8) is 0 Å². The van der Waals surface area contributed by atoms with Gasteiger partial charge in [0.25, 0.3) is 0 Å². The molecule has 1 saturated heterocycles. The molecule has 1 N–H and O–H groups in total. The summed E-state index contributed by atoms with van der Waals surface area (Å²) in [7, 11) is 1.95. The predicted octanol–water partition coefficient (Wildman–Crippen LogP) is 0.463. The molecule has 70 valence electrons. The van der Waals surface area contributed by atoms with E-state index in [1.807, 2.05) is 18.9 Å². The van der Waals surface area contributed by atoms with Crippen LogP contribution in [-0.4, -0.2) is 37.0 Å². The van der Waals surface area contributed by atoms with Gasteiger partial charge in [-0.15, -0.1) is 0 Å². The van der Waals surface area contributed by atoms with Gasteiger partial charge in [-0.2, -0.15) is 0 Å². The molecule has 3 nitrogen and oxygen atoms in total. The molecule has 2 atom stereocenters. The van der Waals surface area contributed by atoms with E-state index in [2.05, 4.69) is 12.2 Å². The molecule has 3 heteroatoms. The van der Waals surface area contributed by atoms with E-state index in [0.717, 1.165) is 19.5 Å². The molecule has 1 rings (SSSR count). The zero-order valence-corrected chi connectivity index (χ0v) is 8.13. The van der Waals surface area contributed by atoms with Gasteiger partial charge in [-0.25, -0.2) is 0 Å². The van der Waals surface area contributed by atoms with Crippen LogP contribution in [0.3, 0.4) is 0 Å². The van der Waals surface area contributed by atoms with E-state index in [-0.39, 0.29) is 0 Å². The first-order chi connectivity index (χ1) is 5.69. The highest BCUT2D eigenvalue weighted by Gasteiger charge is 2.31. The summed E-state index contributed by atoms with van der Waals surface area (Å²) in [6, 6.07) is 0.450. The third kappa shape index (κ3) is 1.78. The number of nitrogens with zero attached hydrogens (tertiary/aromatic N) is 1. The Bertz CT molecular complexity index is 170. The van der Waals surface area contributed by atoms with Crippen LogP contribution in [0.15, 0.2) is 0 Å². The van der Waals surface area contributed by atoms with Gasteiger partial charge in [-0.3, -0.25) is 4.79 Å². The molecule has 2 unspecified atom stereocenters. The molecule has 12 heavy (non-hydrogen) atoms. The lowest BCUT2D eigenvalue weighted by Crippen LogP contribution is -2.32. The number of amides is 1. The van der Waals surface area contributed by atoms with Crippen molar-refractivity contribution < 1.29 is 4.79 Å². The molecule has 0 aromatic rings. The summed E-state index contributed by atoms with van der Waals surface area (Å²) >= 11 is 0. The van der Waals surface area contributed by atoms with Crippen LogP contribution in [0.5, 0.6) is 0 Å². The normalized spacial score (nSPS) is 26.4. The maximum absolute atomic E-state index is 11.3. The predicted molar refractivity (Wildman–Crippen MR) is 48.9 cm³/mol. The van der Waals surface area contributed by atoms with E-state index < -0.39 is 0 Å². The van der Waals surface area contributed by atoms with Gasteiger partial charge in [-0.1, -0.05) is 0 Å². The van der Waals surface area contributed by atoms with Gasteiger partial charge in [-0.05, 0) is 20.9 Å². The number of carbonyl (C=O) groups excluding carboxylic acids is 1. The van der Waals surface area contributed by atoms with Crippen molar-refractivity contribution >= 4 is 5.91 Å². The van der Waals surface area contributed by atoms with Crippen molar-refractivity contribution in [3.05, 3.63) is 0 Å². The number of rotatable bonds is 3. The molecule has 0 spiro atoms. The minimum absolute atomic E-state index is 0.310. The van der Waals surface area contributed by atoms with E-state index in [1.54, 1.807) is 0 Å². The fourth-order valence-corrected chi connectivity index (χ4v) is 1.68. The highest BCUT2D eigenvalue weighted by atomic mass is 16.2. The minimum Gasteiger partial charge on any atom is -0.343 e. The van der Waals surface area contributed by atoms with Crippen molar-refractivity contribution in [2.75, 3.05) is 20.1 Å². The van der Waals surface area contributed by atoms with E-state index in [0.29, 0.717) is 17.9 Å². The van der Waals surface area contributed by atoms with Crippen molar-refractivity contribution in [2.45, 2.75) is 26.3 Å². The maximum Gasteiger partial charge on any atom is 0.222 e. The van der Waals surface area contributed by atoms with Crippen molar-refractivity contribution in [1.82, 2.24) is 10.2 Å². The van der Waals surface area contributed by atoms with Crippen LogP contribution in [0.25, 0.3) is 0 Å². The van der Waals surface area contributed by atoms with Crippen LogP contribution in [0.2, 0.25) is 0 Å². The van der Waals surface area contributed by atoms with Gasteiger partial charge in [0.1, 0.15) is 0 Å². The fourth-order valence-electron chi connectivity index (χ4n) is 1.68. The van der Waals surface area contributed by atoms with Crippen LogP contribution in [0, 0.1) is 5.92 Å². The highest BCUT2D eigenvalue weighted by molar-refractivity contribution is 5.78. The fraction of sp³-hybridized carbons (Fsp3) is 0.889. The van der Waals surface area contributed by atoms with Gasteiger partial charge < -0.3 is 10.2 Å². The van der Waals surface area contributed by atoms with Gasteiger partial charge in [0.15, 0.2) is 0 Å². The zero-order chi connectivity index (χ0) is 9.14. The molecule has 0 aromatic carbocycles. The molecule has 0 aromatic heterocycles. The molecule has 0 aliphatic carbocycles. The summed E-state index contributed by atoms with van der Waals surface area (Å²) in [5, 5.41) is 3.19. The van der Waals surface area contributed by atoms with E-state index in [1.165, 1.54) is 0 Å². The molecular formula is C9H18N2O. The van der Waals surface area contributed by atoms with Gasteiger partial charge in [0.05, 0.1) is 0 Å². The number of nitrogens with one attached hydrogen (secondary N) is 1. The second-order valence-corrected chi connectivity index (χ2v) is 3.47. The molecular weight excluding hydrogens is 152 g/mol. The number of hydrogen-bond acceptors (Lipinski definition) is 2. The van der Waals surface area contributed by atoms with E-state index >= 15 is 0 Å². The molecule has 1 fully saturated rings. The summed E-state index contributed by atoms with van der Waals surface area (Å²) in [6.45, 7) is 5.95. The average molecular weight is 170 g/mol. The Hall–Kier alpha value is -0.570.